The summed E-state index contributed by atoms with van der Waals surface area (Å²) < 4.78 is 0. The normalized spacial score (nSPS) is 15.7. The average molecular weight is 438 g/mol. The van der Waals surface area contributed by atoms with Gasteiger partial charge in [-0.05, 0) is 63.1 Å². The van der Waals surface area contributed by atoms with Crippen LogP contribution in [0.2, 0.25) is 0 Å². The zero-order valence-electron chi connectivity index (χ0n) is 18.9. The summed E-state index contributed by atoms with van der Waals surface area (Å²) in [5, 5.41) is 5.52. The fraction of sp³-hybridized carbons (Fsp3) is 0.417. The van der Waals surface area contributed by atoms with Gasteiger partial charge in [0.05, 0.1) is 5.92 Å². The third-order valence-electron chi connectivity index (χ3n) is 5.60. The van der Waals surface area contributed by atoms with E-state index in [0.29, 0.717) is 42.5 Å². The monoisotopic (exact) mass is 437 g/mol. The van der Waals surface area contributed by atoms with E-state index in [1.165, 1.54) is 6.92 Å². The number of hydrogen-bond acceptors (Lipinski definition) is 5. The van der Waals surface area contributed by atoms with Crippen LogP contribution in [0.15, 0.2) is 42.5 Å². The van der Waals surface area contributed by atoms with E-state index in [-0.39, 0.29) is 23.6 Å². The van der Waals surface area contributed by atoms with Gasteiger partial charge in [-0.3, -0.25) is 14.4 Å². The van der Waals surface area contributed by atoms with Crippen LogP contribution in [0.5, 0.6) is 0 Å². The van der Waals surface area contributed by atoms with Gasteiger partial charge in [-0.1, -0.05) is 6.07 Å². The Kier molecular flexibility index (Phi) is 7.81. The summed E-state index contributed by atoms with van der Waals surface area (Å²) >= 11 is 0. The van der Waals surface area contributed by atoms with Crippen LogP contribution in [0, 0.1) is 5.92 Å². The molecule has 0 bridgehead atoms. The van der Waals surface area contributed by atoms with E-state index < -0.39 is 0 Å². The second-order valence-corrected chi connectivity index (χ2v) is 7.89. The predicted molar refractivity (Wildman–Crippen MR) is 126 cm³/mol. The van der Waals surface area contributed by atoms with E-state index in [4.69, 9.17) is 0 Å². The molecule has 1 fully saturated rings. The minimum atomic E-state index is -0.313. The van der Waals surface area contributed by atoms with Crippen molar-refractivity contribution >= 4 is 34.9 Å². The van der Waals surface area contributed by atoms with E-state index in [0.717, 1.165) is 19.4 Å². The lowest BCUT2D eigenvalue weighted by Gasteiger charge is -2.35. The zero-order valence-corrected chi connectivity index (χ0v) is 18.9. The molecule has 1 unspecified atom stereocenters. The number of aromatic nitrogens is 1. The Morgan fingerprint density at radius 1 is 1.03 bits per heavy atom. The van der Waals surface area contributed by atoms with E-state index in [1.54, 1.807) is 30.3 Å². The number of amides is 3. The number of piperidine rings is 1. The highest BCUT2D eigenvalue weighted by atomic mass is 16.2. The Bertz CT molecular complexity index is 956. The standard InChI is InChI=1S/C24H31N5O3/c1-4-28(5-2)24(32)18-8-7-15-29(16-18)22-10-6-9-21(27-22)23(31)26-20-13-11-19(12-14-20)25-17(3)30/h6,9-14,18H,4-5,7-8,15-16H2,1-3H3,(H,25,30)(H,26,31). The number of nitrogens with one attached hydrogen (secondary N) is 2. The molecule has 1 aromatic heterocycles. The first-order valence-corrected chi connectivity index (χ1v) is 11.1. The molecule has 0 saturated carbocycles. The van der Waals surface area contributed by atoms with Crippen LogP contribution in [0.4, 0.5) is 17.2 Å². The van der Waals surface area contributed by atoms with E-state index in [9.17, 15) is 14.4 Å². The Morgan fingerprint density at radius 2 is 1.69 bits per heavy atom. The number of carbonyl (C=O) groups is 3. The molecular formula is C24H31N5O3. The van der Waals surface area contributed by atoms with Crippen LogP contribution in [0.25, 0.3) is 0 Å². The molecule has 1 aliphatic rings. The summed E-state index contributed by atoms with van der Waals surface area (Å²) in [6.07, 6.45) is 1.79. The third kappa shape index (κ3) is 5.84. The second kappa shape index (κ2) is 10.7. The maximum absolute atomic E-state index is 12.8. The third-order valence-corrected chi connectivity index (χ3v) is 5.60. The van der Waals surface area contributed by atoms with Crippen molar-refractivity contribution < 1.29 is 14.4 Å². The predicted octanol–water partition coefficient (Wildman–Crippen LogP) is 3.38. The number of pyridine rings is 1. The largest absolute Gasteiger partial charge is 0.356 e. The quantitative estimate of drug-likeness (QED) is 0.693. The maximum Gasteiger partial charge on any atom is 0.274 e. The smallest absolute Gasteiger partial charge is 0.274 e. The number of rotatable bonds is 7. The summed E-state index contributed by atoms with van der Waals surface area (Å²) in [6, 6.07) is 12.3. The minimum Gasteiger partial charge on any atom is -0.356 e. The number of nitrogens with zero attached hydrogens (tertiary/aromatic N) is 3. The molecule has 0 spiro atoms. The zero-order chi connectivity index (χ0) is 23.1. The molecule has 2 N–H and O–H groups in total. The molecule has 1 saturated heterocycles. The lowest BCUT2D eigenvalue weighted by Crippen LogP contribution is -2.45. The van der Waals surface area contributed by atoms with Crippen molar-refractivity contribution in [3.63, 3.8) is 0 Å². The molecule has 8 heteroatoms. The Balaban J connectivity index is 1.67. The van der Waals surface area contributed by atoms with Crippen LogP contribution < -0.4 is 15.5 Å². The molecule has 1 atom stereocenters. The van der Waals surface area contributed by atoms with Crippen molar-refractivity contribution in [2.75, 3.05) is 41.7 Å². The topological polar surface area (TPSA) is 94.6 Å². The first-order chi connectivity index (χ1) is 15.4. The van der Waals surface area contributed by atoms with Gasteiger partial charge in [-0.25, -0.2) is 4.98 Å². The van der Waals surface area contributed by atoms with Crippen LogP contribution in [0.1, 0.15) is 44.1 Å². The minimum absolute atomic E-state index is 0.0509. The van der Waals surface area contributed by atoms with Crippen LogP contribution >= 0.6 is 0 Å². The molecule has 0 aliphatic carbocycles. The van der Waals surface area contributed by atoms with Gasteiger partial charge in [-0.2, -0.15) is 0 Å². The van der Waals surface area contributed by atoms with Crippen molar-refractivity contribution in [1.82, 2.24) is 9.88 Å². The van der Waals surface area contributed by atoms with Gasteiger partial charge in [-0.15, -0.1) is 0 Å². The summed E-state index contributed by atoms with van der Waals surface area (Å²) in [6.45, 7) is 8.29. The molecule has 2 heterocycles. The van der Waals surface area contributed by atoms with Crippen LogP contribution in [0.3, 0.4) is 0 Å². The second-order valence-electron chi connectivity index (χ2n) is 7.89. The average Bonchev–Trinajstić information content (AvgIpc) is 2.81. The molecular weight excluding hydrogens is 406 g/mol. The Labute approximate surface area is 189 Å². The molecule has 170 valence electrons. The molecule has 2 aromatic rings. The molecule has 3 amide bonds. The van der Waals surface area contributed by atoms with Gasteiger partial charge in [0.15, 0.2) is 0 Å². The highest BCUT2D eigenvalue weighted by molar-refractivity contribution is 6.03. The van der Waals surface area contributed by atoms with Gasteiger partial charge in [0, 0.05) is 44.5 Å². The van der Waals surface area contributed by atoms with Gasteiger partial charge < -0.3 is 20.4 Å². The van der Waals surface area contributed by atoms with Crippen molar-refractivity contribution in [3.05, 3.63) is 48.2 Å². The van der Waals surface area contributed by atoms with Gasteiger partial charge in [0.1, 0.15) is 11.5 Å². The van der Waals surface area contributed by atoms with E-state index >= 15 is 0 Å². The molecule has 1 aromatic carbocycles. The number of hydrogen-bond donors (Lipinski definition) is 2. The number of benzene rings is 1. The molecule has 1 aliphatic heterocycles. The van der Waals surface area contributed by atoms with Crippen LogP contribution in [-0.2, 0) is 9.59 Å². The lowest BCUT2D eigenvalue weighted by molar-refractivity contribution is -0.135. The molecule has 0 radical (unpaired) electrons. The van der Waals surface area contributed by atoms with Gasteiger partial charge in [0.2, 0.25) is 11.8 Å². The fourth-order valence-electron chi connectivity index (χ4n) is 3.94. The maximum atomic E-state index is 12.8. The Hall–Kier alpha value is -3.42. The summed E-state index contributed by atoms with van der Waals surface area (Å²) in [5.74, 6) is 0.380. The fourth-order valence-corrected chi connectivity index (χ4v) is 3.94. The summed E-state index contributed by atoms with van der Waals surface area (Å²) in [5.41, 5.74) is 1.58. The van der Waals surface area contributed by atoms with Crippen molar-refractivity contribution in [2.24, 2.45) is 5.92 Å². The van der Waals surface area contributed by atoms with Gasteiger partial charge >= 0.3 is 0 Å². The first-order valence-electron chi connectivity index (χ1n) is 11.1. The lowest BCUT2D eigenvalue weighted by atomic mass is 9.96. The van der Waals surface area contributed by atoms with Gasteiger partial charge in [0.25, 0.3) is 5.91 Å². The SMILES string of the molecule is CCN(CC)C(=O)C1CCCN(c2cccc(C(=O)Nc3ccc(NC(C)=O)cc3)n2)C1. The van der Waals surface area contributed by atoms with Crippen molar-refractivity contribution in [2.45, 2.75) is 33.6 Å². The van der Waals surface area contributed by atoms with Crippen molar-refractivity contribution in [1.29, 1.82) is 0 Å². The number of anilines is 3. The first kappa shape index (κ1) is 23.2. The van der Waals surface area contributed by atoms with E-state index in [1.807, 2.05) is 30.9 Å². The molecule has 8 nitrogen and oxygen atoms in total. The Morgan fingerprint density at radius 3 is 2.31 bits per heavy atom. The molecule has 32 heavy (non-hydrogen) atoms. The summed E-state index contributed by atoms with van der Waals surface area (Å²) in [4.78, 5) is 45.2. The highest BCUT2D eigenvalue weighted by Gasteiger charge is 2.29. The van der Waals surface area contributed by atoms with Crippen LogP contribution in [-0.4, -0.2) is 53.8 Å². The summed E-state index contributed by atoms with van der Waals surface area (Å²) in [7, 11) is 0. The highest BCUT2D eigenvalue weighted by Crippen LogP contribution is 2.24. The molecule has 3 rings (SSSR count). The number of carbonyl (C=O) groups excluding carboxylic acids is 3. The van der Waals surface area contributed by atoms with E-state index in [2.05, 4.69) is 20.5 Å². The van der Waals surface area contributed by atoms with Crippen molar-refractivity contribution in [3.8, 4) is 0 Å².